The lowest BCUT2D eigenvalue weighted by Gasteiger charge is -2.45. The number of hydrogen-bond donors (Lipinski definition) is 2. The van der Waals surface area contributed by atoms with E-state index in [0.717, 1.165) is 13.8 Å². The molecule has 0 saturated carbocycles. The maximum absolute atomic E-state index is 12.7. The van der Waals surface area contributed by atoms with Gasteiger partial charge in [-0.05, 0) is 12.1 Å². The summed E-state index contributed by atoms with van der Waals surface area (Å²) in [6.07, 6.45) is -4.77. The van der Waals surface area contributed by atoms with E-state index < -0.39 is 60.3 Å². The summed E-state index contributed by atoms with van der Waals surface area (Å²) < 4.78 is 21.6. The lowest BCUT2D eigenvalue weighted by atomic mass is 9.94. The van der Waals surface area contributed by atoms with Crippen LogP contribution >= 0.6 is 0 Å². The third-order valence-corrected chi connectivity index (χ3v) is 4.43. The van der Waals surface area contributed by atoms with Crippen LogP contribution in [0.15, 0.2) is 30.3 Å². The van der Waals surface area contributed by atoms with E-state index in [-0.39, 0.29) is 6.61 Å². The molecule has 11 nitrogen and oxygen atoms in total. The molecule has 0 aliphatic carbocycles. The number of carbonyl (C=O) groups excluding carboxylic acids is 5. The number of ether oxygens (including phenoxy) is 4. The highest BCUT2D eigenvalue weighted by Crippen LogP contribution is 2.26. The number of carbonyl (C=O) groups is 5. The first-order chi connectivity index (χ1) is 15.1. The van der Waals surface area contributed by atoms with E-state index in [4.69, 9.17) is 18.9 Å². The molecule has 174 valence electrons. The lowest BCUT2D eigenvalue weighted by Crippen LogP contribution is -2.69. The van der Waals surface area contributed by atoms with Crippen molar-refractivity contribution in [3.63, 3.8) is 0 Å². The molecule has 0 radical (unpaired) electrons. The van der Waals surface area contributed by atoms with Crippen LogP contribution in [0.5, 0.6) is 0 Å². The van der Waals surface area contributed by atoms with Gasteiger partial charge in [-0.1, -0.05) is 18.2 Å². The number of rotatable bonds is 7. The van der Waals surface area contributed by atoms with Crippen LogP contribution in [0, 0.1) is 0 Å². The van der Waals surface area contributed by atoms with Crippen molar-refractivity contribution >= 4 is 29.7 Å². The Labute approximate surface area is 184 Å². The molecule has 1 heterocycles. The molecule has 2 rings (SSSR count). The molecule has 1 saturated heterocycles. The van der Waals surface area contributed by atoms with Gasteiger partial charge in [-0.25, -0.2) is 0 Å². The minimum atomic E-state index is -1.24. The standard InChI is InChI=1S/C21H26N2O9/c1-11(24)22-17-19(31-14(4)27)18(30-13(3)26)16(10-29-12(2)25)32-21(17)23-20(28)15-8-6-5-7-9-15/h5-9,16-19,21H,10H2,1-4H3,(H,22,24)(H,23,28)/t16-,17-,18-,19-,21-/m1/s1. The van der Waals surface area contributed by atoms with Crippen molar-refractivity contribution in [2.24, 2.45) is 0 Å². The molecule has 2 amide bonds. The minimum Gasteiger partial charge on any atom is -0.463 e. The van der Waals surface area contributed by atoms with E-state index in [2.05, 4.69) is 10.6 Å². The first-order valence-electron chi connectivity index (χ1n) is 9.84. The second-order valence-corrected chi connectivity index (χ2v) is 7.11. The molecule has 1 aromatic carbocycles. The molecular formula is C21H26N2O9. The Morgan fingerprint density at radius 3 is 1.97 bits per heavy atom. The smallest absolute Gasteiger partial charge is 0.303 e. The van der Waals surface area contributed by atoms with Gasteiger partial charge in [0.15, 0.2) is 18.4 Å². The topological polar surface area (TPSA) is 146 Å². The fraction of sp³-hybridized carbons (Fsp3) is 0.476. The van der Waals surface area contributed by atoms with Crippen LogP contribution in [0.25, 0.3) is 0 Å². The molecule has 32 heavy (non-hydrogen) atoms. The van der Waals surface area contributed by atoms with Crippen molar-refractivity contribution in [3.8, 4) is 0 Å². The molecule has 0 spiro atoms. The lowest BCUT2D eigenvalue weighted by molar-refractivity contribution is -0.226. The normalized spacial score (nSPS) is 24.6. The molecule has 0 unspecified atom stereocenters. The number of esters is 3. The van der Waals surface area contributed by atoms with Crippen molar-refractivity contribution < 1.29 is 42.9 Å². The van der Waals surface area contributed by atoms with Gasteiger partial charge in [0.1, 0.15) is 18.8 Å². The van der Waals surface area contributed by atoms with Gasteiger partial charge in [-0.2, -0.15) is 0 Å². The van der Waals surface area contributed by atoms with Crippen molar-refractivity contribution in [2.45, 2.75) is 58.3 Å². The van der Waals surface area contributed by atoms with E-state index in [1.165, 1.54) is 13.8 Å². The fourth-order valence-corrected chi connectivity index (χ4v) is 3.26. The van der Waals surface area contributed by atoms with Gasteiger partial charge >= 0.3 is 17.9 Å². The highest BCUT2D eigenvalue weighted by Gasteiger charge is 2.51. The summed E-state index contributed by atoms with van der Waals surface area (Å²) in [4.78, 5) is 59.5. The summed E-state index contributed by atoms with van der Waals surface area (Å²) >= 11 is 0. The Bertz CT molecular complexity index is 858. The number of nitrogens with one attached hydrogen (secondary N) is 2. The van der Waals surface area contributed by atoms with Crippen LogP contribution in [0.2, 0.25) is 0 Å². The van der Waals surface area contributed by atoms with Crippen LogP contribution in [0.4, 0.5) is 0 Å². The van der Waals surface area contributed by atoms with Gasteiger partial charge in [0.25, 0.3) is 5.91 Å². The average Bonchev–Trinajstić information content (AvgIpc) is 2.70. The third-order valence-electron chi connectivity index (χ3n) is 4.43. The predicted octanol–water partition coefficient (Wildman–Crippen LogP) is 0.0725. The minimum absolute atomic E-state index is 0.320. The molecular weight excluding hydrogens is 424 g/mol. The summed E-state index contributed by atoms with van der Waals surface area (Å²) in [5.41, 5.74) is 0.320. The van der Waals surface area contributed by atoms with Gasteiger partial charge in [-0.3, -0.25) is 24.0 Å². The van der Waals surface area contributed by atoms with Crippen LogP contribution < -0.4 is 10.6 Å². The van der Waals surface area contributed by atoms with Crippen LogP contribution in [0.1, 0.15) is 38.1 Å². The van der Waals surface area contributed by atoms with Crippen LogP contribution in [0.3, 0.4) is 0 Å². The van der Waals surface area contributed by atoms with Gasteiger partial charge in [0, 0.05) is 33.3 Å². The largest absolute Gasteiger partial charge is 0.463 e. The van der Waals surface area contributed by atoms with E-state index in [1.54, 1.807) is 30.3 Å². The summed E-state index contributed by atoms with van der Waals surface area (Å²) in [6, 6.07) is 7.12. The van der Waals surface area contributed by atoms with Gasteiger partial charge in [0.05, 0.1) is 0 Å². The molecule has 1 aliphatic rings. The van der Waals surface area contributed by atoms with E-state index in [9.17, 15) is 24.0 Å². The highest BCUT2D eigenvalue weighted by atomic mass is 16.6. The SMILES string of the molecule is CC(=O)N[C@@H]1[C@@H](OC(C)=O)[C@H](OC(C)=O)[C@@H](COC(C)=O)O[C@H]1NC(=O)c1ccccc1. The van der Waals surface area contributed by atoms with Gasteiger partial charge in [-0.15, -0.1) is 0 Å². The summed E-state index contributed by atoms with van der Waals surface area (Å²) in [6.45, 7) is 4.35. The molecule has 0 aromatic heterocycles. The first kappa shape index (κ1) is 24.8. The Hall–Kier alpha value is -3.47. The molecule has 1 fully saturated rings. The van der Waals surface area contributed by atoms with Gasteiger partial charge < -0.3 is 29.6 Å². The zero-order valence-corrected chi connectivity index (χ0v) is 18.2. The summed E-state index contributed by atoms with van der Waals surface area (Å²) in [5.74, 6) is -3.08. The monoisotopic (exact) mass is 450 g/mol. The molecule has 1 aliphatic heterocycles. The van der Waals surface area contributed by atoms with Crippen molar-refractivity contribution in [1.82, 2.24) is 10.6 Å². The maximum atomic E-state index is 12.7. The van der Waals surface area contributed by atoms with E-state index in [0.29, 0.717) is 5.56 Å². The van der Waals surface area contributed by atoms with Gasteiger partial charge in [0.2, 0.25) is 5.91 Å². The Morgan fingerprint density at radius 1 is 0.844 bits per heavy atom. The molecule has 0 bridgehead atoms. The Kier molecular flexibility index (Phi) is 8.71. The van der Waals surface area contributed by atoms with Crippen molar-refractivity contribution in [3.05, 3.63) is 35.9 Å². The summed E-state index contributed by atoms with van der Waals surface area (Å²) in [5, 5.41) is 5.22. The Morgan fingerprint density at radius 2 is 1.44 bits per heavy atom. The number of benzene rings is 1. The zero-order chi connectivity index (χ0) is 23.8. The quantitative estimate of drug-likeness (QED) is 0.435. The zero-order valence-electron chi connectivity index (χ0n) is 18.2. The average molecular weight is 450 g/mol. The Balaban J connectivity index is 2.42. The first-order valence-corrected chi connectivity index (χ1v) is 9.84. The second-order valence-electron chi connectivity index (χ2n) is 7.11. The van der Waals surface area contributed by atoms with Crippen LogP contribution in [-0.4, -0.2) is 66.9 Å². The number of hydrogen-bond acceptors (Lipinski definition) is 9. The highest BCUT2D eigenvalue weighted by molar-refractivity contribution is 5.94. The van der Waals surface area contributed by atoms with Crippen molar-refractivity contribution in [1.29, 1.82) is 0 Å². The maximum Gasteiger partial charge on any atom is 0.303 e. The second kappa shape index (κ2) is 11.2. The molecule has 5 atom stereocenters. The third kappa shape index (κ3) is 7.05. The molecule has 11 heteroatoms. The predicted molar refractivity (Wildman–Crippen MR) is 108 cm³/mol. The molecule has 1 aromatic rings. The van der Waals surface area contributed by atoms with E-state index >= 15 is 0 Å². The number of amides is 2. The summed E-state index contributed by atoms with van der Waals surface area (Å²) in [7, 11) is 0. The van der Waals surface area contributed by atoms with Crippen molar-refractivity contribution in [2.75, 3.05) is 6.61 Å². The van der Waals surface area contributed by atoms with Crippen LogP contribution in [-0.2, 0) is 38.1 Å². The molecule has 2 N–H and O–H groups in total. The van der Waals surface area contributed by atoms with E-state index in [1.807, 2.05) is 0 Å². The fourth-order valence-electron chi connectivity index (χ4n) is 3.26.